The molecule has 0 saturated carbocycles. The quantitative estimate of drug-likeness (QED) is 0.398. The van der Waals surface area contributed by atoms with Gasteiger partial charge in [-0.05, 0) is 36.2 Å². The maximum Gasteiger partial charge on any atom is 0.193 e. The number of para-hydroxylation sites is 2. The van der Waals surface area contributed by atoms with Crippen LogP contribution in [0.2, 0.25) is 0 Å². The lowest BCUT2D eigenvalue weighted by Gasteiger charge is -2.37. The summed E-state index contributed by atoms with van der Waals surface area (Å²) in [6.07, 6.45) is 0.745. The molecule has 27 heavy (non-hydrogen) atoms. The SMILES string of the molecule is CN=C(NCCc1cccc(F)c1)N1CCN(c2ccccc2O)CC1.I. The van der Waals surface area contributed by atoms with Gasteiger partial charge in [-0.15, -0.1) is 24.0 Å². The van der Waals surface area contributed by atoms with Gasteiger partial charge in [-0.2, -0.15) is 0 Å². The predicted octanol–water partition coefficient (Wildman–Crippen LogP) is 3.09. The summed E-state index contributed by atoms with van der Waals surface area (Å²) in [7, 11) is 1.78. The number of hydrogen-bond donors (Lipinski definition) is 2. The van der Waals surface area contributed by atoms with Crippen LogP contribution in [0.15, 0.2) is 53.5 Å². The Hall–Kier alpha value is -2.03. The van der Waals surface area contributed by atoms with E-state index >= 15 is 0 Å². The van der Waals surface area contributed by atoms with Crippen molar-refractivity contribution < 1.29 is 9.50 Å². The van der Waals surface area contributed by atoms with Crippen molar-refractivity contribution in [1.29, 1.82) is 0 Å². The summed E-state index contributed by atoms with van der Waals surface area (Å²) in [6.45, 7) is 4.00. The molecule has 0 atom stereocenters. The second kappa shape index (κ2) is 10.3. The van der Waals surface area contributed by atoms with E-state index in [9.17, 15) is 9.50 Å². The lowest BCUT2D eigenvalue weighted by Crippen LogP contribution is -2.52. The van der Waals surface area contributed by atoms with E-state index in [4.69, 9.17) is 0 Å². The number of halogens is 2. The molecule has 0 bridgehead atoms. The Balaban J connectivity index is 0.00000261. The molecular formula is C20H26FIN4O. The van der Waals surface area contributed by atoms with E-state index in [1.165, 1.54) is 6.07 Å². The molecular weight excluding hydrogens is 458 g/mol. The molecule has 2 N–H and O–H groups in total. The van der Waals surface area contributed by atoms with Crippen LogP contribution < -0.4 is 10.2 Å². The van der Waals surface area contributed by atoms with Crippen molar-refractivity contribution in [2.24, 2.45) is 4.99 Å². The van der Waals surface area contributed by atoms with Crippen molar-refractivity contribution in [2.75, 3.05) is 44.7 Å². The third-order valence-corrected chi connectivity index (χ3v) is 4.60. The zero-order valence-corrected chi connectivity index (χ0v) is 17.8. The van der Waals surface area contributed by atoms with E-state index in [-0.39, 0.29) is 29.8 Å². The van der Waals surface area contributed by atoms with Gasteiger partial charge in [0.25, 0.3) is 0 Å². The Labute approximate surface area is 176 Å². The Morgan fingerprint density at radius 2 is 1.85 bits per heavy atom. The normalized spacial score (nSPS) is 14.7. The molecule has 1 aliphatic rings. The first-order valence-corrected chi connectivity index (χ1v) is 8.90. The Kier molecular flexibility index (Phi) is 8.15. The number of phenols is 1. The summed E-state index contributed by atoms with van der Waals surface area (Å²) in [4.78, 5) is 8.76. The van der Waals surface area contributed by atoms with Gasteiger partial charge >= 0.3 is 0 Å². The molecule has 0 spiro atoms. The van der Waals surface area contributed by atoms with Gasteiger partial charge in [-0.1, -0.05) is 24.3 Å². The van der Waals surface area contributed by atoms with Crippen LogP contribution in [-0.2, 0) is 6.42 Å². The van der Waals surface area contributed by atoms with Gasteiger partial charge in [0.15, 0.2) is 5.96 Å². The van der Waals surface area contributed by atoms with Gasteiger partial charge in [-0.3, -0.25) is 4.99 Å². The molecule has 1 aliphatic heterocycles. The number of phenolic OH excluding ortho intramolecular Hbond substituents is 1. The third kappa shape index (κ3) is 5.72. The fourth-order valence-electron chi connectivity index (χ4n) is 3.23. The minimum atomic E-state index is -0.202. The molecule has 7 heteroatoms. The third-order valence-electron chi connectivity index (χ3n) is 4.60. The number of aliphatic imine (C=N–C) groups is 1. The Morgan fingerprint density at radius 3 is 2.52 bits per heavy atom. The van der Waals surface area contributed by atoms with Crippen LogP contribution >= 0.6 is 24.0 Å². The van der Waals surface area contributed by atoms with E-state index in [0.29, 0.717) is 12.3 Å². The lowest BCUT2D eigenvalue weighted by molar-refractivity contribution is 0.370. The molecule has 0 aromatic heterocycles. The van der Waals surface area contributed by atoms with Crippen molar-refractivity contribution >= 4 is 35.6 Å². The van der Waals surface area contributed by atoms with Crippen LogP contribution in [0.25, 0.3) is 0 Å². The highest BCUT2D eigenvalue weighted by Gasteiger charge is 2.21. The second-order valence-corrected chi connectivity index (χ2v) is 6.32. The number of aromatic hydroxyl groups is 1. The summed E-state index contributed by atoms with van der Waals surface area (Å²) in [5.74, 6) is 0.976. The molecule has 5 nitrogen and oxygen atoms in total. The molecule has 0 amide bonds. The first-order valence-electron chi connectivity index (χ1n) is 8.90. The Morgan fingerprint density at radius 1 is 1.11 bits per heavy atom. The van der Waals surface area contributed by atoms with E-state index in [1.54, 1.807) is 25.2 Å². The maximum atomic E-state index is 13.2. The minimum absolute atomic E-state index is 0. The highest BCUT2D eigenvalue weighted by Crippen LogP contribution is 2.27. The van der Waals surface area contributed by atoms with Crippen LogP contribution in [0.4, 0.5) is 10.1 Å². The fourth-order valence-corrected chi connectivity index (χ4v) is 3.23. The van der Waals surface area contributed by atoms with Crippen molar-refractivity contribution in [2.45, 2.75) is 6.42 Å². The molecule has 0 unspecified atom stereocenters. The van der Waals surface area contributed by atoms with Gasteiger partial charge in [-0.25, -0.2) is 4.39 Å². The highest BCUT2D eigenvalue weighted by molar-refractivity contribution is 14.0. The number of rotatable bonds is 4. The van der Waals surface area contributed by atoms with Crippen LogP contribution in [0.3, 0.4) is 0 Å². The van der Waals surface area contributed by atoms with E-state index in [2.05, 4.69) is 20.1 Å². The second-order valence-electron chi connectivity index (χ2n) is 6.32. The number of nitrogens with one attached hydrogen (secondary N) is 1. The lowest BCUT2D eigenvalue weighted by atomic mass is 10.1. The first-order chi connectivity index (χ1) is 12.7. The molecule has 1 saturated heterocycles. The largest absolute Gasteiger partial charge is 0.506 e. The number of hydrogen-bond acceptors (Lipinski definition) is 3. The fraction of sp³-hybridized carbons (Fsp3) is 0.350. The summed E-state index contributed by atoms with van der Waals surface area (Å²) < 4.78 is 13.2. The summed E-state index contributed by atoms with van der Waals surface area (Å²) in [5.41, 5.74) is 1.85. The zero-order valence-electron chi connectivity index (χ0n) is 15.4. The van der Waals surface area contributed by atoms with E-state index in [1.807, 2.05) is 24.3 Å². The highest BCUT2D eigenvalue weighted by atomic mass is 127. The van der Waals surface area contributed by atoms with Crippen molar-refractivity contribution in [3.05, 3.63) is 59.9 Å². The number of piperazine rings is 1. The van der Waals surface area contributed by atoms with Crippen LogP contribution in [0.1, 0.15) is 5.56 Å². The van der Waals surface area contributed by atoms with Crippen LogP contribution in [0.5, 0.6) is 5.75 Å². The van der Waals surface area contributed by atoms with Crippen molar-refractivity contribution in [1.82, 2.24) is 10.2 Å². The first kappa shape index (κ1) is 21.3. The minimum Gasteiger partial charge on any atom is -0.506 e. The average Bonchev–Trinajstić information content (AvgIpc) is 2.66. The molecule has 2 aromatic carbocycles. The van der Waals surface area contributed by atoms with Gasteiger partial charge < -0.3 is 20.2 Å². The van der Waals surface area contributed by atoms with Gasteiger partial charge in [0.1, 0.15) is 11.6 Å². The van der Waals surface area contributed by atoms with E-state index in [0.717, 1.165) is 49.8 Å². The van der Waals surface area contributed by atoms with Gasteiger partial charge in [0.2, 0.25) is 0 Å². The monoisotopic (exact) mass is 484 g/mol. The van der Waals surface area contributed by atoms with Crippen LogP contribution in [-0.4, -0.2) is 55.7 Å². The number of nitrogens with zero attached hydrogens (tertiary/aromatic N) is 3. The average molecular weight is 484 g/mol. The maximum absolute atomic E-state index is 13.2. The molecule has 1 heterocycles. The Bertz CT molecular complexity index is 763. The molecule has 0 aliphatic carbocycles. The number of anilines is 1. The standard InChI is InChI=1S/C20H25FN4O.HI/c1-22-20(23-10-9-16-5-4-6-17(21)15-16)25-13-11-24(12-14-25)18-7-2-3-8-19(18)26;/h2-8,15,26H,9-14H2,1H3,(H,22,23);1H. The molecule has 0 radical (unpaired) electrons. The molecule has 2 aromatic rings. The van der Waals surface area contributed by atoms with Gasteiger partial charge in [0, 0.05) is 39.8 Å². The molecule has 146 valence electrons. The molecule has 1 fully saturated rings. The smallest absolute Gasteiger partial charge is 0.193 e. The predicted molar refractivity (Wildman–Crippen MR) is 119 cm³/mol. The topological polar surface area (TPSA) is 51.1 Å². The molecule has 3 rings (SSSR count). The van der Waals surface area contributed by atoms with E-state index < -0.39 is 0 Å². The van der Waals surface area contributed by atoms with Crippen LogP contribution in [0, 0.1) is 5.82 Å². The summed E-state index contributed by atoms with van der Waals surface area (Å²) >= 11 is 0. The van der Waals surface area contributed by atoms with Crippen molar-refractivity contribution in [3.63, 3.8) is 0 Å². The van der Waals surface area contributed by atoms with Crippen molar-refractivity contribution in [3.8, 4) is 5.75 Å². The number of guanidine groups is 1. The number of benzene rings is 2. The summed E-state index contributed by atoms with van der Waals surface area (Å²) in [5, 5.41) is 13.4. The summed E-state index contributed by atoms with van der Waals surface area (Å²) in [6, 6.07) is 14.1. The van der Waals surface area contributed by atoms with Gasteiger partial charge in [0.05, 0.1) is 5.69 Å². The zero-order chi connectivity index (χ0) is 18.4.